The van der Waals surface area contributed by atoms with Crippen molar-refractivity contribution >= 4 is 16.0 Å². The molecule has 0 bridgehead atoms. The number of esters is 1. The predicted molar refractivity (Wildman–Crippen MR) is 99.5 cm³/mol. The van der Waals surface area contributed by atoms with E-state index >= 15 is 0 Å². The van der Waals surface area contributed by atoms with Crippen molar-refractivity contribution in [2.24, 2.45) is 0 Å². The van der Waals surface area contributed by atoms with Crippen LogP contribution in [0.3, 0.4) is 0 Å². The van der Waals surface area contributed by atoms with Gasteiger partial charge in [0.05, 0.1) is 24.5 Å². The quantitative estimate of drug-likeness (QED) is 0.716. The van der Waals surface area contributed by atoms with Gasteiger partial charge < -0.3 is 9.47 Å². The normalized spacial score (nSPS) is 11.4. The van der Waals surface area contributed by atoms with Crippen LogP contribution in [0.25, 0.3) is 0 Å². The van der Waals surface area contributed by atoms with Gasteiger partial charge in [-0.3, -0.25) is 0 Å². The Morgan fingerprint density at radius 2 is 1.58 bits per heavy atom. The summed E-state index contributed by atoms with van der Waals surface area (Å²) in [5.41, 5.74) is 1.81. The van der Waals surface area contributed by atoms with Crippen molar-refractivity contribution in [1.29, 1.82) is 0 Å². The van der Waals surface area contributed by atoms with E-state index in [0.29, 0.717) is 11.1 Å². The van der Waals surface area contributed by atoms with Gasteiger partial charge in [0.1, 0.15) is 5.75 Å². The van der Waals surface area contributed by atoms with Crippen molar-refractivity contribution in [2.45, 2.75) is 32.2 Å². The second kappa shape index (κ2) is 8.82. The molecule has 2 aromatic carbocycles. The number of methoxy groups -OCH3 is 1. The molecule has 0 fully saturated rings. The van der Waals surface area contributed by atoms with E-state index < -0.39 is 16.0 Å². The van der Waals surface area contributed by atoms with Crippen LogP contribution >= 0.6 is 0 Å². The van der Waals surface area contributed by atoms with Crippen LogP contribution in [0.5, 0.6) is 5.75 Å². The first-order chi connectivity index (χ1) is 12.3. The maximum absolute atomic E-state index is 12.2. The van der Waals surface area contributed by atoms with Gasteiger partial charge in [0, 0.05) is 6.54 Å². The third kappa shape index (κ3) is 6.16. The molecule has 0 radical (unpaired) electrons. The Hall–Kier alpha value is -2.38. The fourth-order valence-electron chi connectivity index (χ4n) is 2.28. The number of hydrogen-bond donors (Lipinski definition) is 1. The molecule has 0 aliphatic rings. The molecule has 0 heterocycles. The standard InChI is InChI=1S/C19H23NO5S/c1-14(2)25-18-10-6-15(7-11-18)12-20-26(22,23)13-16-4-8-17(9-5-16)19(21)24-3/h4-11,14,20H,12-13H2,1-3H3. The fraction of sp³-hybridized carbons (Fsp3) is 0.316. The second-order valence-electron chi connectivity index (χ2n) is 6.08. The number of hydrogen-bond acceptors (Lipinski definition) is 5. The molecule has 26 heavy (non-hydrogen) atoms. The summed E-state index contributed by atoms with van der Waals surface area (Å²) >= 11 is 0. The van der Waals surface area contributed by atoms with Gasteiger partial charge in [-0.15, -0.1) is 0 Å². The summed E-state index contributed by atoms with van der Waals surface area (Å²) in [4.78, 5) is 11.4. The zero-order valence-electron chi connectivity index (χ0n) is 15.1. The van der Waals surface area contributed by atoms with E-state index in [0.717, 1.165) is 11.3 Å². The van der Waals surface area contributed by atoms with Crippen molar-refractivity contribution in [3.05, 3.63) is 65.2 Å². The molecule has 6 nitrogen and oxygen atoms in total. The van der Waals surface area contributed by atoms with Gasteiger partial charge in [0.2, 0.25) is 10.0 Å². The first kappa shape index (κ1) is 19.9. The van der Waals surface area contributed by atoms with E-state index in [9.17, 15) is 13.2 Å². The topological polar surface area (TPSA) is 81.7 Å². The largest absolute Gasteiger partial charge is 0.491 e. The lowest BCUT2D eigenvalue weighted by Gasteiger charge is -2.11. The number of carbonyl (C=O) groups excluding carboxylic acids is 1. The van der Waals surface area contributed by atoms with Crippen LogP contribution in [-0.2, 0) is 27.1 Å². The Balaban J connectivity index is 1.93. The highest BCUT2D eigenvalue weighted by atomic mass is 32.2. The zero-order valence-corrected chi connectivity index (χ0v) is 15.9. The predicted octanol–water partition coefficient (Wildman–Crippen LogP) is 2.88. The van der Waals surface area contributed by atoms with Gasteiger partial charge in [0.25, 0.3) is 0 Å². The minimum Gasteiger partial charge on any atom is -0.491 e. The summed E-state index contributed by atoms with van der Waals surface area (Å²) in [5, 5.41) is 0. The van der Waals surface area contributed by atoms with E-state index in [1.165, 1.54) is 7.11 Å². The van der Waals surface area contributed by atoms with Crippen molar-refractivity contribution in [3.63, 3.8) is 0 Å². The minimum atomic E-state index is -3.50. The molecule has 0 unspecified atom stereocenters. The van der Waals surface area contributed by atoms with Crippen LogP contribution in [0.4, 0.5) is 0 Å². The molecule has 1 N–H and O–H groups in total. The van der Waals surface area contributed by atoms with E-state index in [2.05, 4.69) is 9.46 Å². The lowest BCUT2D eigenvalue weighted by atomic mass is 10.1. The molecular formula is C19H23NO5S. The summed E-state index contributed by atoms with van der Waals surface area (Å²) in [6.07, 6.45) is 0.0879. The van der Waals surface area contributed by atoms with Gasteiger partial charge in [-0.2, -0.15) is 0 Å². The summed E-state index contributed by atoms with van der Waals surface area (Å²) in [6.45, 7) is 4.09. The van der Waals surface area contributed by atoms with Crippen LogP contribution in [0.1, 0.15) is 35.3 Å². The molecule has 0 saturated carbocycles. The smallest absolute Gasteiger partial charge is 0.337 e. The zero-order chi connectivity index (χ0) is 19.2. The molecular weight excluding hydrogens is 354 g/mol. The van der Waals surface area contributed by atoms with Gasteiger partial charge in [-0.1, -0.05) is 24.3 Å². The molecule has 0 aliphatic heterocycles. The van der Waals surface area contributed by atoms with Crippen LogP contribution in [-0.4, -0.2) is 27.6 Å². The Kier molecular flexibility index (Phi) is 6.76. The van der Waals surface area contributed by atoms with Crippen molar-refractivity contribution in [3.8, 4) is 5.75 Å². The Labute approximate surface area is 154 Å². The maximum atomic E-state index is 12.2. The molecule has 140 valence electrons. The highest BCUT2D eigenvalue weighted by molar-refractivity contribution is 7.88. The summed E-state index contributed by atoms with van der Waals surface area (Å²) < 4.78 is 37.2. The second-order valence-corrected chi connectivity index (χ2v) is 7.89. The Morgan fingerprint density at radius 1 is 1.00 bits per heavy atom. The van der Waals surface area contributed by atoms with Gasteiger partial charge in [-0.25, -0.2) is 17.9 Å². The van der Waals surface area contributed by atoms with E-state index in [1.807, 2.05) is 38.1 Å². The fourth-order valence-corrected chi connectivity index (χ4v) is 3.40. The highest BCUT2D eigenvalue weighted by Gasteiger charge is 2.12. The van der Waals surface area contributed by atoms with Gasteiger partial charge in [-0.05, 0) is 49.2 Å². The van der Waals surface area contributed by atoms with Crippen molar-refractivity contribution < 1.29 is 22.7 Å². The number of ether oxygens (including phenoxy) is 2. The van der Waals surface area contributed by atoms with Crippen molar-refractivity contribution in [1.82, 2.24) is 4.72 Å². The van der Waals surface area contributed by atoms with Gasteiger partial charge >= 0.3 is 5.97 Å². The lowest BCUT2D eigenvalue weighted by Crippen LogP contribution is -2.24. The Bertz CT molecular complexity index is 827. The molecule has 0 saturated heterocycles. The first-order valence-electron chi connectivity index (χ1n) is 8.19. The molecule has 0 aromatic heterocycles. The molecule has 0 amide bonds. The summed E-state index contributed by atoms with van der Waals surface area (Å²) in [5.74, 6) is 0.128. The number of rotatable bonds is 8. The molecule has 0 aliphatic carbocycles. The molecule has 2 rings (SSSR count). The van der Waals surface area contributed by atoms with Gasteiger partial charge in [0.15, 0.2) is 0 Å². The third-order valence-corrected chi connectivity index (χ3v) is 4.82. The van der Waals surface area contributed by atoms with Crippen LogP contribution in [0.15, 0.2) is 48.5 Å². The summed E-state index contributed by atoms with van der Waals surface area (Å²) in [7, 11) is -2.20. The number of carbonyl (C=O) groups is 1. The molecule has 7 heteroatoms. The number of sulfonamides is 1. The summed E-state index contributed by atoms with van der Waals surface area (Å²) in [6, 6.07) is 13.6. The van der Waals surface area contributed by atoms with Crippen LogP contribution in [0.2, 0.25) is 0 Å². The van der Waals surface area contributed by atoms with E-state index in [-0.39, 0.29) is 18.4 Å². The maximum Gasteiger partial charge on any atom is 0.337 e. The molecule has 0 spiro atoms. The average Bonchev–Trinajstić information content (AvgIpc) is 2.60. The SMILES string of the molecule is COC(=O)c1ccc(CS(=O)(=O)NCc2ccc(OC(C)C)cc2)cc1. The highest BCUT2D eigenvalue weighted by Crippen LogP contribution is 2.14. The first-order valence-corrected chi connectivity index (χ1v) is 9.84. The monoisotopic (exact) mass is 377 g/mol. The van der Waals surface area contributed by atoms with E-state index in [1.54, 1.807) is 24.3 Å². The van der Waals surface area contributed by atoms with Crippen LogP contribution in [0, 0.1) is 0 Å². The van der Waals surface area contributed by atoms with Crippen molar-refractivity contribution in [2.75, 3.05) is 7.11 Å². The average molecular weight is 377 g/mol. The lowest BCUT2D eigenvalue weighted by molar-refractivity contribution is 0.0600. The van der Waals surface area contributed by atoms with E-state index in [4.69, 9.17) is 4.74 Å². The Morgan fingerprint density at radius 3 is 2.12 bits per heavy atom. The third-order valence-electron chi connectivity index (χ3n) is 3.52. The minimum absolute atomic E-state index is 0.0879. The molecule has 0 atom stereocenters. The number of benzene rings is 2. The molecule has 2 aromatic rings. The van der Waals surface area contributed by atoms with Crippen LogP contribution < -0.4 is 9.46 Å². The number of nitrogens with one attached hydrogen (secondary N) is 1.